The number of carbonyl (C=O) groups excluding carboxylic acids is 9. The molecule has 7 amide bonds. The Hall–Kier alpha value is -7.59. The summed E-state index contributed by atoms with van der Waals surface area (Å²) in [4.78, 5) is 127. The summed E-state index contributed by atoms with van der Waals surface area (Å²) in [5.41, 5.74) is 54.1. The lowest BCUT2D eigenvalue weighted by Gasteiger charge is -2.23. The topological polar surface area (TPSA) is 541 Å². The lowest BCUT2D eigenvalue weighted by Crippen LogP contribution is -2.43. The third-order valence-corrected chi connectivity index (χ3v) is 17.0. The number of amides is 7. The maximum atomic E-state index is 13.0. The van der Waals surface area contributed by atoms with Crippen LogP contribution in [-0.2, 0) is 44.7 Å². The van der Waals surface area contributed by atoms with E-state index in [-0.39, 0.29) is 63.6 Å². The maximum Gasteiger partial charge on any atom is 0.407 e. The zero-order chi connectivity index (χ0) is 78.2. The largest absolute Gasteiger partial charge is 0.492 e. The number of ketones is 2. The van der Waals surface area contributed by atoms with E-state index in [1.54, 1.807) is 41.5 Å². The number of carbonyl (C=O) groups is 9. The molecule has 2 aromatic rings. The first-order valence-electron chi connectivity index (χ1n) is 37.5. The van der Waals surface area contributed by atoms with Crippen molar-refractivity contribution in [2.75, 3.05) is 83.5 Å². The number of hydrogen-bond acceptors (Lipinski definition) is 24. The van der Waals surface area contributed by atoms with E-state index in [2.05, 4.69) is 57.1 Å². The molecular formula is C72H129ClN20O12. The third-order valence-electron chi connectivity index (χ3n) is 16.8. The number of rotatable bonds is 56. The summed E-state index contributed by atoms with van der Waals surface area (Å²) in [6.07, 6.45) is 15.5. The van der Waals surface area contributed by atoms with Crippen LogP contribution in [0.3, 0.4) is 0 Å². The van der Waals surface area contributed by atoms with Crippen LogP contribution in [0.25, 0.3) is 0 Å². The van der Waals surface area contributed by atoms with E-state index in [1.807, 2.05) is 24.3 Å². The van der Waals surface area contributed by atoms with Crippen molar-refractivity contribution in [3.05, 3.63) is 40.7 Å². The number of aliphatic imine (C=N–C) groups is 1. The first-order chi connectivity index (χ1) is 49.7. The van der Waals surface area contributed by atoms with Gasteiger partial charge < -0.3 is 97.7 Å². The highest BCUT2D eigenvalue weighted by molar-refractivity contribution is 6.31. The van der Waals surface area contributed by atoms with Crippen molar-refractivity contribution in [1.82, 2.24) is 52.1 Å². The summed E-state index contributed by atoms with van der Waals surface area (Å²) in [6, 6.07) is 3.87. The van der Waals surface area contributed by atoms with Crippen LogP contribution in [0, 0.1) is 0 Å². The van der Waals surface area contributed by atoms with E-state index in [0.717, 1.165) is 31.2 Å². The number of halogens is 1. The fourth-order valence-electron chi connectivity index (χ4n) is 10.7. The van der Waals surface area contributed by atoms with Gasteiger partial charge in [-0.05, 0) is 207 Å². The number of ether oxygens (including phenoxy) is 3. The highest BCUT2D eigenvalue weighted by Crippen LogP contribution is 2.19. The van der Waals surface area contributed by atoms with Gasteiger partial charge >= 0.3 is 12.2 Å². The number of anilines is 2. The molecule has 2 rings (SSSR count). The van der Waals surface area contributed by atoms with Gasteiger partial charge in [-0.1, -0.05) is 49.4 Å². The van der Waals surface area contributed by atoms with Crippen molar-refractivity contribution in [1.29, 1.82) is 0 Å². The van der Waals surface area contributed by atoms with Crippen LogP contribution in [0.15, 0.2) is 29.3 Å². The molecule has 33 heteroatoms. The molecule has 0 spiro atoms. The Morgan fingerprint density at radius 1 is 0.467 bits per heavy atom. The minimum Gasteiger partial charge on any atom is -0.492 e. The molecular weight excluding hydrogens is 1370 g/mol. The Labute approximate surface area is 626 Å². The number of nitrogen functional groups attached to an aromatic ring is 2. The van der Waals surface area contributed by atoms with E-state index in [0.29, 0.717) is 225 Å². The summed E-state index contributed by atoms with van der Waals surface area (Å²) in [5, 5.41) is 19.3. The van der Waals surface area contributed by atoms with Crippen LogP contribution in [0.2, 0.25) is 5.15 Å². The summed E-state index contributed by atoms with van der Waals surface area (Å²) in [7, 11) is 0. The van der Waals surface area contributed by atoms with Crippen molar-refractivity contribution in [2.45, 2.75) is 262 Å². The van der Waals surface area contributed by atoms with E-state index in [4.69, 9.17) is 77.4 Å². The molecule has 0 aliphatic carbocycles. The number of nitrogens with two attached hydrogens (primary N) is 9. The molecule has 0 saturated carbocycles. The van der Waals surface area contributed by atoms with Gasteiger partial charge in [-0.2, -0.15) is 0 Å². The average molecular weight is 1500 g/mol. The van der Waals surface area contributed by atoms with Crippen LogP contribution in [0.5, 0.6) is 5.75 Å². The minimum atomic E-state index is -0.732. The second-order valence-corrected chi connectivity index (χ2v) is 29.0. The second kappa shape index (κ2) is 53.2. The van der Waals surface area contributed by atoms with Crippen LogP contribution >= 0.6 is 11.6 Å². The van der Waals surface area contributed by atoms with Gasteiger partial charge in [-0.25, -0.2) is 19.6 Å². The van der Waals surface area contributed by atoms with Crippen LogP contribution < -0.4 is 93.6 Å². The average Bonchev–Trinajstić information content (AvgIpc) is 0.835. The lowest BCUT2D eigenvalue weighted by atomic mass is 10.0. The fourth-order valence-corrected chi connectivity index (χ4v) is 10.8. The Kier molecular flexibility index (Phi) is 47.4. The Morgan fingerprint density at radius 2 is 0.848 bits per heavy atom. The number of benzene rings is 1. The van der Waals surface area contributed by atoms with Crippen LogP contribution in [0.1, 0.15) is 225 Å². The third kappa shape index (κ3) is 46.2. The molecule has 1 heterocycles. The quantitative estimate of drug-likeness (QED) is 0.0252. The highest BCUT2D eigenvalue weighted by Gasteiger charge is 2.23. The van der Waals surface area contributed by atoms with E-state index >= 15 is 0 Å². The van der Waals surface area contributed by atoms with Crippen LogP contribution in [0.4, 0.5) is 21.2 Å². The predicted molar refractivity (Wildman–Crippen MR) is 410 cm³/mol. The SMILES string of the molecule is CC(C)(C)OC(=O)NCCCC[C@H](N)C(=O)CCCCC[C@H](N)C(=O)NCCCC[C@H](N)C(=O)NCCCN(CCCNC(=O)[C@@H](N)CCCCNC(=O)[C@@H](N)CCCCCC(=O)[C@@H](N)CCCCNC(=O)OC(C)(C)C)CCOc1ccc(CCCCN=C(N)NC(=O)c2nc(Cl)c(N)nc2N)cc1. The molecule has 0 fully saturated rings. The predicted octanol–water partition coefficient (Wildman–Crippen LogP) is 4.02. The number of unbranched alkanes of at least 4 members (excludes halogenated alkanes) is 9. The van der Waals surface area contributed by atoms with Gasteiger partial charge in [0.15, 0.2) is 28.4 Å². The van der Waals surface area contributed by atoms with E-state index < -0.39 is 65.5 Å². The Morgan fingerprint density at radius 3 is 1.26 bits per heavy atom. The number of hydrogen-bond donors (Lipinski definition) is 16. The van der Waals surface area contributed by atoms with Gasteiger partial charge in [0.2, 0.25) is 23.6 Å². The van der Waals surface area contributed by atoms with Gasteiger partial charge in [0.1, 0.15) is 35.1 Å². The normalized spacial score (nSPS) is 13.5. The lowest BCUT2D eigenvalue weighted by molar-refractivity contribution is -0.123. The molecule has 0 aliphatic rings. The zero-order valence-corrected chi connectivity index (χ0v) is 64.2. The summed E-state index contributed by atoms with van der Waals surface area (Å²) >= 11 is 5.89. The molecule has 6 atom stereocenters. The first kappa shape index (κ1) is 93.5. The summed E-state index contributed by atoms with van der Waals surface area (Å²) < 4.78 is 16.6. The molecule has 0 radical (unpaired) electrons. The molecule has 596 valence electrons. The summed E-state index contributed by atoms with van der Waals surface area (Å²) in [5.74, 6) is -1.48. The van der Waals surface area contributed by atoms with Gasteiger partial charge in [0.05, 0.1) is 36.3 Å². The molecule has 1 aromatic heterocycles. The smallest absolute Gasteiger partial charge is 0.407 e. The molecule has 25 N–H and O–H groups in total. The van der Waals surface area contributed by atoms with Crippen LogP contribution in [-0.4, -0.2) is 194 Å². The monoisotopic (exact) mass is 1500 g/mol. The molecule has 0 saturated heterocycles. The van der Waals surface area contributed by atoms with E-state index in [1.165, 1.54) is 0 Å². The fraction of sp³-hybridized carbons (Fsp3) is 0.722. The van der Waals surface area contributed by atoms with Crippen molar-refractivity contribution in [3.63, 3.8) is 0 Å². The molecule has 0 unspecified atom stereocenters. The van der Waals surface area contributed by atoms with Gasteiger partial charge in [-0.15, -0.1) is 0 Å². The van der Waals surface area contributed by atoms with Gasteiger partial charge in [-0.3, -0.25) is 48.8 Å². The summed E-state index contributed by atoms with van der Waals surface area (Å²) in [6.45, 7) is 15.7. The Balaban J connectivity index is 1.76. The molecule has 32 nitrogen and oxygen atoms in total. The number of Topliss-reactive ketones (excluding diaryl/α,β-unsaturated/α-hetero) is 2. The van der Waals surface area contributed by atoms with Crippen molar-refractivity contribution in [3.8, 4) is 5.75 Å². The molecule has 0 aliphatic heterocycles. The number of alkyl carbamates (subject to hydrolysis) is 2. The van der Waals surface area contributed by atoms with Crippen molar-refractivity contribution in [2.24, 2.45) is 45.1 Å². The highest BCUT2D eigenvalue weighted by atomic mass is 35.5. The molecule has 1 aromatic carbocycles. The number of aryl methyl sites for hydroxylation is 1. The molecule has 105 heavy (non-hydrogen) atoms. The number of aromatic nitrogens is 2. The second-order valence-electron chi connectivity index (χ2n) is 28.6. The van der Waals surface area contributed by atoms with Crippen molar-refractivity contribution >= 4 is 82.5 Å². The number of nitrogens with zero attached hydrogens (tertiary/aromatic N) is 4. The minimum absolute atomic E-state index is 0.00649. The zero-order valence-electron chi connectivity index (χ0n) is 63.4. The standard InChI is InChI=1S/C72H129ClN20O12/c1-71(2,3)104-69(101)88-41-21-14-26-51(74)57(94)32-11-7-9-28-53(76)63(96)83-38-19-16-30-55(78)65(98)85-43-23-45-93(47-48-103-50-36-34-49(35-37-50)25-13-18-40-87-68(82)92-67(100)59-61(80)91-62(81)60(73)90-59)46-24-44-86-66(99)56(79)31-17-20-39-84-64(97)54(77)29-10-8-12-33-58(95)52(75)27-15-22-42-89-70(102)105-72(4,5)6/h34-37,51-56H,7-33,38-48,74-79H2,1-6H3,(H,83,96)(H,84,97)(H,85,98)(H,86,99)(H,88,101)(H,89,102)(H4,80,81,91)(H3,82,87,92,100)/t51-,52-,53-,54-,55-,56-/m0/s1. The Bertz CT molecular complexity index is 2820. The maximum absolute atomic E-state index is 13.0. The van der Waals surface area contributed by atoms with Gasteiger partial charge in [0, 0.05) is 65.2 Å². The van der Waals surface area contributed by atoms with Crippen molar-refractivity contribution < 1.29 is 57.4 Å². The number of nitrogens with one attached hydrogen (secondary N) is 7. The van der Waals surface area contributed by atoms with E-state index in [9.17, 15) is 43.2 Å². The first-order valence-corrected chi connectivity index (χ1v) is 37.9. The molecule has 0 bridgehead atoms. The number of guanidine groups is 1. The van der Waals surface area contributed by atoms with Gasteiger partial charge in [0.25, 0.3) is 5.91 Å².